The van der Waals surface area contributed by atoms with Crippen molar-refractivity contribution in [1.82, 2.24) is 14.9 Å². The molecule has 2 aromatic rings. The summed E-state index contributed by atoms with van der Waals surface area (Å²) in [6, 6.07) is 6.98. The minimum atomic E-state index is -0.392. The van der Waals surface area contributed by atoms with Crippen molar-refractivity contribution in [3.8, 4) is 11.6 Å². The molecule has 0 N–H and O–H groups in total. The first kappa shape index (κ1) is 17.4. The van der Waals surface area contributed by atoms with Gasteiger partial charge in [-0.3, -0.25) is 9.88 Å². The van der Waals surface area contributed by atoms with Gasteiger partial charge < -0.3 is 9.47 Å². The Balaban J connectivity index is 1.52. The third kappa shape index (κ3) is 3.86. The number of para-hydroxylation sites is 1. The molecule has 1 atom stereocenters. The zero-order valence-electron chi connectivity index (χ0n) is 14.8. The maximum atomic E-state index is 14.0. The molecule has 2 aliphatic heterocycles. The Morgan fingerprint density at radius 1 is 1.08 bits per heavy atom. The van der Waals surface area contributed by atoms with E-state index in [9.17, 15) is 4.39 Å². The van der Waals surface area contributed by atoms with E-state index in [1.165, 1.54) is 6.07 Å². The van der Waals surface area contributed by atoms with E-state index in [1.54, 1.807) is 30.6 Å². The maximum absolute atomic E-state index is 14.0. The Hall–Kier alpha value is -2.05. The van der Waals surface area contributed by atoms with Gasteiger partial charge in [0.2, 0.25) is 5.88 Å². The van der Waals surface area contributed by atoms with E-state index in [1.807, 2.05) is 0 Å². The first-order chi connectivity index (χ1) is 12.8. The summed E-state index contributed by atoms with van der Waals surface area (Å²) >= 11 is 0. The first-order valence-corrected chi connectivity index (χ1v) is 9.36. The van der Waals surface area contributed by atoms with Gasteiger partial charge in [-0.05, 0) is 44.4 Å². The highest BCUT2D eigenvalue weighted by Crippen LogP contribution is 2.34. The molecule has 0 unspecified atom stereocenters. The van der Waals surface area contributed by atoms with Crippen molar-refractivity contribution in [2.24, 2.45) is 0 Å². The van der Waals surface area contributed by atoms with Crippen LogP contribution in [0.5, 0.6) is 11.6 Å². The SMILES string of the molecule is Fc1ccccc1Oc1nccnc1[C@@H]1CCCN(C2CCOCC2)C1. The van der Waals surface area contributed by atoms with Crippen molar-refractivity contribution in [2.75, 3.05) is 26.3 Å². The molecule has 0 saturated carbocycles. The van der Waals surface area contributed by atoms with Crippen molar-refractivity contribution in [3.05, 3.63) is 48.2 Å². The Kier molecular flexibility index (Phi) is 5.41. The molecule has 2 aliphatic rings. The second-order valence-electron chi connectivity index (χ2n) is 6.96. The summed E-state index contributed by atoms with van der Waals surface area (Å²) in [5, 5.41) is 0. The van der Waals surface area contributed by atoms with E-state index >= 15 is 0 Å². The van der Waals surface area contributed by atoms with Gasteiger partial charge in [0.25, 0.3) is 0 Å². The van der Waals surface area contributed by atoms with Crippen molar-refractivity contribution in [1.29, 1.82) is 0 Å². The van der Waals surface area contributed by atoms with Crippen LogP contribution in [0.25, 0.3) is 0 Å². The molecule has 26 heavy (non-hydrogen) atoms. The smallest absolute Gasteiger partial charge is 0.241 e. The number of benzene rings is 1. The van der Waals surface area contributed by atoms with Crippen LogP contribution < -0.4 is 4.74 Å². The summed E-state index contributed by atoms with van der Waals surface area (Å²) in [7, 11) is 0. The molecule has 6 heteroatoms. The van der Waals surface area contributed by atoms with Gasteiger partial charge >= 0.3 is 0 Å². The van der Waals surface area contributed by atoms with E-state index in [4.69, 9.17) is 9.47 Å². The predicted molar refractivity (Wildman–Crippen MR) is 95.9 cm³/mol. The number of ether oxygens (including phenoxy) is 2. The number of likely N-dealkylation sites (tertiary alicyclic amines) is 1. The molecule has 0 bridgehead atoms. The van der Waals surface area contributed by atoms with Gasteiger partial charge in [-0.1, -0.05) is 12.1 Å². The third-order valence-electron chi connectivity index (χ3n) is 5.28. The van der Waals surface area contributed by atoms with Gasteiger partial charge in [-0.15, -0.1) is 0 Å². The lowest BCUT2D eigenvalue weighted by molar-refractivity contribution is 0.0236. The molecule has 1 aromatic carbocycles. The van der Waals surface area contributed by atoms with Crippen LogP contribution in [0.2, 0.25) is 0 Å². The summed E-state index contributed by atoms with van der Waals surface area (Å²) in [5.74, 6) is 0.460. The highest BCUT2D eigenvalue weighted by Gasteiger charge is 2.30. The van der Waals surface area contributed by atoms with Crippen LogP contribution >= 0.6 is 0 Å². The number of piperidine rings is 1. The predicted octanol–water partition coefficient (Wildman–Crippen LogP) is 3.77. The van der Waals surface area contributed by atoms with Gasteiger partial charge in [0.05, 0.1) is 0 Å². The molecule has 2 fully saturated rings. The highest BCUT2D eigenvalue weighted by molar-refractivity contribution is 5.32. The summed E-state index contributed by atoms with van der Waals surface area (Å²) in [4.78, 5) is 11.4. The van der Waals surface area contributed by atoms with Crippen molar-refractivity contribution in [2.45, 2.75) is 37.6 Å². The van der Waals surface area contributed by atoms with Crippen LogP contribution in [-0.4, -0.2) is 47.2 Å². The standard InChI is InChI=1S/C20H24FN3O2/c21-17-5-1-2-6-18(17)26-20-19(22-9-10-23-20)15-4-3-11-24(14-15)16-7-12-25-13-8-16/h1-2,5-6,9-10,15-16H,3-4,7-8,11-14H2/t15-/m1/s1. The van der Waals surface area contributed by atoms with Gasteiger partial charge in [0, 0.05) is 44.1 Å². The lowest BCUT2D eigenvalue weighted by Gasteiger charge is -2.39. The number of halogens is 1. The van der Waals surface area contributed by atoms with Crippen LogP contribution in [-0.2, 0) is 4.74 Å². The molecule has 0 amide bonds. The van der Waals surface area contributed by atoms with Crippen LogP contribution in [0.4, 0.5) is 4.39 Å². The monoisotopic (exact) mass is 357 g/mol. The first-order valence-electron chi connectivity index (χ1n) is 9.36. The summed E-state index contributed by atoms with van der Waals surface area (Å²) in [6.07, 6.45) is 7.64. The molecular formula is C20H24FN3O2. The van der Waals surface area contributed by atoms with Crippen LogP contribution in [0.3, 0.4) is 0 Å². The lowest BCUT2D eigenvalue weighted by atomic mass is 9.92. The topological polar surface area (TPSA) is 47.5 Å². The third-order valence-corrected chi connectivity index (χ3v) is 5.28. The van der Waals surface area contributed by atoms with Crippen LogP contribution in [0.15, 0.2) is 36.7 Å². The average Bonchev–Trinajstić information content (AvgIpc) is 2.71. The quantitative estimate of drug-likeness (QED) is 0.834. The molecule has 3 heterocycles. The fourth-order valence-corrected chi connectivity index (χ4v) is 3.94. The molecule has 2 saturated heterocycles. The van der Waals surface area contributed by atoms with E-state index in [0.29, 0.717) is 11.9 Å². The largest absolute Gasteiger partial charge is 0.434 e. The minimum absolute atomic E-state index is 0.186. The normalized spacial score (nSPS) is 22.3. The summed E-state index contributed by atoms with van der Waals surface area (Å²) in [6.45, 7) is 3.75. The second kappa shape index (κ2) is 8.10. The summed E-state index contributed by atoms with van der Waals surface area (Å²) in [5.41, 5.74) is 0.826. The van der Waals surface area contributed by atoms with E-state index in [0.717, 1.165) is 57.7 Å². The molecule has 138 valence electrons. The Morgan fingerprint density at radius 3 is 2.73 bits per heavy atom. The molecule has 0 radical (unpaired) electrons. The fourth-order valence-electron chi connectivity index (χ4n) is 3.94. The zero-order valence-corrected chi connectivity index (χ0v) is 14.8. The van der Waals surface area contributed by atoms with E-state index < -0.39 is 5.82 Å². The number of nitrogens with zero attached hydrogens (tertiary/aromatic N) is 3. The molecule has 4 rings (SSSR count). The molecule has 0 aliphatic carbocycles. The Bertz CT molecular complexity index is 737. The number of rotatable bonds is 4. The Morgan fingerprint density at radius 2 is 1.88 bits per heavy atom. The molecule has 0 spiro atoms. The molecule has 5 nitrogen and oxygen atoms in total. The number of hydrogen-bond donors (Lipinski definition) is 0. The maximum Gasteiger partial charge on any atom is 0.241 e. The van der Waals surface area contributed by atoms with Gasteiger partial charge in [0.1, 0.15) is 5.69 Å². The van der Waals surface area contributed by atoms with Gasteiger partial charge in [0.15, 0.2) is 11.6 Å². The van der Waals surface area contributed by atoms with Crippen LogP contribution in [0, 0.1) is 5.82 Å². The minimum Gasteiger partial charge on any atom is -0.434 e. The summed E-state index contributed by atoms with van der Waals surface area (Å²) < 4.78 is 25.2. The molecule has 1 aromatic heterocycles. The lowest BCUT2D eigenvalue weighted by Crippen LogP contribution is -2.44. The highest BCUT2D eigenvalue weighted by atomic mass is 19.1. The van der Waals surface area contributed by atoms with Crippen molar-refractivity contribution >= 4 is 0 Å². The fraction of sp³-hybridized carbons (Fsp3) is 0.500. The number of aromatic nitrogens is 2. The van der Waals surface area contributed by atoms with Crippen molar-refractivity contribution < 1.29 is 13.9 Å². The second-order valence-corrected chi connectivity index (χ2v) is 6.96. The Labute approximate surface area is 153 Å². The van der Waals surface area contributed by atoms with E-state index in [-0.39, 0.29) is 11.7 Å². The van der Waals surface area contributed by atoms with Crippen molar-refractivity contribution in [3.63, 3.8) is 0 Å². The molecular weight excluding hydrogens is 333 g/mol. The number of hydrogen-bond acceptors (Lipinski definition) is 5. The van der Waals surface area contributed by atoms with Gasteiger partial charge in [-0.2, -0.15) is 0 Å². The zero-order chi connectivity index (χ0) is 17.8. The average molecular weight is 357 g/mol. The van der Waals surface area contributed by atoms with E-state index in [2.05, 4.69) is 14.9 Å². The van der Waals surface area contributed by atoms with Gasteiger partial charge in [-0.25, -0.2) is 9.37 Å². The van der Waals surface area contributed by atoms with Crippen LogP contribution in [0.1, 0.15) is 37.3 Å².